The lowest BCUT2D eigenvalue weighted by Crippen LogP contribution is -2.30. The summed E-state index contributed by atoms with van der Waals surface area (Å²) in [5, 5.41) is 14.2. The van der Waals surface area contributed by atoms with Crippen LogP contribution in [0, 0.1) is 11.3 Å². The van der Waals surface area contributed by atoms with Crippen LogP contribution in [0.25, 0.3) is 0 Å². The Morgan fingerprint density at radius 2 is 1.89 bits per heavy atom. The third-order valence-corrected chi connectivity index (χ3v) is 4.44. The van der Waals surface area contributed by atoms with E-state index in [0.717, 1.165) is 18.0 Å². The van der Waals surface area contributed by atoms with Gasteiger partial charge in [-0.05, 0) is 41.9 Å². The molecule has 2 nitrogen and oxygen atoms in total. The molecule has 1 saturated carbocycles. The molecule has 3 heteroatoms. The van der Waals surface area contributed by atoms with E-state index in [-0.39, 0.29) is 0 Å². The molecule has 1 atom stereocenters. The molecule has 0 amide bonds. The van der Waals surface area contributed by atoms with Gasteiger partial charge in [-0.1, -0.05) is 37.6 Å². The zero-order valence-corrected chi connectivity index (χ0v) is 11.9. The summed E-state index contributed by atoms with van der Waals surface area (Å²) in [4.78, 5) is 0. The van der Waals surface area contributed by atoms with Crippen LogP contribution in [0.2, 0.25) is 5.02 Å². The van der Waals surface area contributed by atoms with Gasteiger partial charge in [0.2, 0.25) is 0 Å². The molecule has 18 heavy (non-hydrogen) atoms. The summed E-state index contributed by atoms with van der Waals surface area (Å²) in [6.45, 7) is 6.18. The predicted molar refractivity (Wildman–Crippen MR) is 75.8 cm³/mol. The van der Waals surface area contributed by atoms with Crippen LogP contribution in [0.4, 0.5) is 0 Å². The minimum atomic E-state index is -0.453. The van der Waals surface area contributed by atoms with Crippen LogP contribution in [0.1, 0.15) is 38.4 Å². The van der Waals surface area contributed by atoms with Crippen LogP contribution in [-0.4, -0.2) is 18.2 Å². The fourth-order valence-electron chi connectivity index (χ4n) is 2.38. The van der Waals surface area contributed by atoms with Gasteiger partial charge in [-0.2, -0.15) is 0 Å². The van der Waals surface area contributed by atoms with Crippen molar-refractivity contribution < 1.29 is 5.11 Å². The highest BCUT2D eigenvalue weighted by Gasteiger charge is 2.44. The summed E-state index contributed by atoms with van der Waals surface area (Å²) in [6.07, 6.45) is 2.17. The van der Waals surface area contributed by atoms with Crippen molar-refractivity contribution >= 4 is 11.6 Å². The number of benzene rings is 1. The van der Waals surface area contributed by atoms with Crippen molar-refractivity contribution in [3.8, 4) is 0 Å². The zero-order valence-electron chi connectivity index (χ0n) is 11.1. The van der Waals surface area contributed by atoms with Crippen molar-refractivity contribution in [2.45, 2.75) is 32.8 Å². The van der Waals surface area contributed by atoms with E-state index in [2.05, 4.69) is 19.2 Å². The number of hydrogen-bond acceptors (Lipinski definition) is 2. The van der Waals surface area contributed by atoms with Gasteiger partial charge in [-0.15, -0.1) is 0 Å². The molecule has 2 rings (SSSR count). The van der Waals surface area contributed by atoms with E-state index in [1.807, 2.05) is 24.3 Å². The summed E-state index contributed by atoms with van der Waals surface area (Å²) in [7, 11) is 0. The number of rotatable bonds is 6. The largest absolute Gasteiger partial charge is 0.387 e. The van der Waals surface area contributed by atoms with Crippen molar-refractivity contribution in [1.29, 1.82) is 0 Å². The lowest BCUT2D eigenvalue weighted by Gasteiger charge is -2.21. The Bertz CT molecular complexity index is 384. The first-order valence-corrected chi connectivity index (χ1v) is 7.05. The zero-order chi connectivity index (χ0) is 13.2. The van der Waals surface area contributed by atoms with Crippen molar-refractivity contribution in [3.05, 3.63) is 34.9 Å². The van der Waals surface area contributed by atoms with Gasteiger partial charge in [0, 0.05) is 18.1 Å². The van der Waals surface area contributed by atoms with Gasteiger partial charge in [0.15, 0.2) is 0 Å². The highest BCUT2D eigenvalue weighted by Crippen LogP contribution is 2.51. The first-order chi connectivity index (χ1) is 8.53. The molecule has 1 fully saturated rings. The van der Waals surface area contributed by atoms with E-state index in [0.29, 0.717) is 17.0 Å². The van der Waals surface area contributed by atoms with E-state index in [9.17, 15) is 5.11 Å². The van der Waals surface area contributed by atoms with Crippen LogP contribution in [0.3, 0.4) is 0 Å². The molecule has 100 valence electrons. The van der Waals surface area contributed by atoms with Gasteiger partial charge in [-0.25, -0.2) is 0 Å². The van der Waals surface area contributed by atoms with Crippen molar-refractivity contribution in [3.63, 3.8) is 0 Å². The fraction of sp³-hybridized carbons (Fsp3) is 0.600. The smallest absolute Gasteiger partial charge is 0.0914 e. The number of aliphatic hydroxyl groups is 1. The number of halogens is 1. The molecule has 0 spiro atoms. The van der Waals surface area contributed by atoms with E-state index < -0.39 is 6.10 Å². The van der Waals surface area contributed by atoms with Crippen molar-refractivity contribution in [2.75, 3.05) is 13.1 Å². The highest BCUT2D eigenvalue weighted by molar-refractivity contribution is 6.30. The molecule has 0 saturated heterocycles. The molecule has 0 bridgehead atoms. The Balaban J connectivity index is 1.78. The molecule has 0 aliphatic heterocycles. The Labute approximate surface area is 114 Å². The monoisotopic (exact) mass is 267 g/mol. The van der Waals surface area contributed by atoms with Gasteiger partial charge < -0.3 is 10.4 Å². The molecule has 1 aliphatic rings. The molecule has 1 unspecified atom stereocenters. The first kappa shape index (κ1) is 13.9. The number of nitrogens with one attached hydrogen (secondary N) is 1. The summed E-state index contributed by atoms with van der Waals surface area (Å²) in [5.74, 6) is 0.720. The summed E-state index contributed by atoms with van der Waals surface area (Å²) in [5.41, 5.74) is 1.40. The molecule has 2 N–H and O–H groups in total. The summed E-state index contributed by atoms with van der Waals surface area (Å²) >= 11 is 5.83. The molecule has 1 aliphatic carbocycles. The molecule has 0 radical (unpaired) electrons. The third kappa shape index (κ3) is 3.25. The Morgan fingerprint density at radius 3 is 2.39 bits per heavy atom. The van der Waals surface area contributed by atoms with Gasteiger partial charge in [0.25, 0.3) is 0 Å². The molecule has 0 heterocycles. The van der Waals surface area contributed by atoms with E-state index in [1.54, 1.807) is 0 Å². The van der Waals surface area contributed by atoms with Crippen molar-refractivity contribution in [1.82, 2.24) is 5.32 Å². The molecular formula is C15H22ClNO. The Kier molecular flexibility index (Phi) is 4.31. The van der Waals surface area contributed by atoms with Gasteiger partial charge in [-0.3, -0.25) is 0 Å². The first-order valence-electron chi connectivity index (χ1n) is 6.68. The predicted octanol–water partition coefficient (Wildman–Crippen LogP) is 3.40. The van der Waals surface area contributed by atoms with E-state index in [4.69, 9.17) is 11.6 Å². The normalized spacial score (nSPS) is 18.9. The molecule has 1 aromatic rings. The molecular weight excluding hydrogens is 246 g/mol. The average molecular weight is 268 g/mol. The summed E-state index contributed by atoms with van der Waals surface area (Å²) in [6, 6.07) is 7.39. The maximum atomic E-state index is 10.1. The number of hydrogen-bond donors (Lipinski definition) is 2. The Hall–Kier alpha value is -0.570. The lowest BCUT2D eigenvalue weighted by molar-refractivity contribution is 0.169. The second-order valence-electron chi connectivity index (χ2n) is 5.72. The summed E-state index contributed by atoms with van der Waals surface area (Å²) < 4.78 is 0. The maximum Gasteiger partial charge on any atom is 0.0914 e. The molecule has 1 aromatic carbocycles. The van der Waals surface area contributed by atoms with Crippen molar-refractivity contribution in [2.24, 2.45) is 11.3 Å². The van der Waals surface area contributed by atoms with E-state index >= 15 is 0 Å². The van der Waals surface area contributed by atoms with Gasteiger partial charge in [0.05, 0.1) is 6.10 Å². The highest BCUT2D eigenvalue weighted by atomic mass is 35.5. The van der Waals surface area contributed by atoms with Crippen LogP contribution < -0.4 is 5.32 Å². The second-order valence-corrected chi connectivity index (χ2v) is 6.15. The second kappa shape index (κ2) is 5.60. The van der Waals surface area contributed by atoms with Gasteiger partial charge >= 0.3 is 0 Å². The average Bonchev–Trinajstić information content (AvgIpc) is 3.11. The maximum absolute atomic E-state index is 10.1. The SMILES string of the molecule is CC(C)C1(CNCC(O)c2ccc(Cl)cc2)CC1. The van der Waals surface area contributed by atoms with Crippen LogP contribution in [-0.2, 0) is 0 Å². The lowest BCUT2D eigenvalue weighted by atomic mass is 9.92. The minimum absolute atomic E-state index is 0.453. The third-order valence-electron chi connectivity index (χ3n) is 4.19. The Morgan fingerprint density at radius 1 is 1.28 bits per heavy atom. The molecule has 0 aromatic heterocycles. The minimum Gasteiger partial charge on any atom is -0.387 e. The van der Waals surface area contributed by atoms with E-state index in [1.165, 1.54) is 12.8 Å². The van der Waals surface area contributed by atoms with Crippen LogP contribution >= 0.6 is 11.6 Å². The topological polar surface area (TPSA) is 32.3 Å². The van der Waals surface area contributed by atoms with Crippen LogP contribution in [0.15, 0.2) is 24.3 Å². The quantitative estimate of drug-likeness (QED) is 0.828. The fourth-order valence-corrected chi connectivity index (χ4v) is 2.51. The van der Waals surface area contributed by atoms with Crippen LogP contribution in [0.5, 0.6) is 0 Å². The number of aliphatic hydroxyl groups excluding tert-OH is 1. The van der Waals surface area contributed by atoms with Gasteiger partial charge in [0.1, 0.15) is 0 Å². The standard InChI is InChI=1S/C15H22ClNO/c1-11(2)15(7-8-15)10-17-9-14(18)12-3-5-13(16)6-4-12/h3-6,11,14,17-18H,7-10H2,1-2H3.